The zero-order valence-electron chi connectivity index (χ0n) is 18.0. The van der Waals surface area contributed by atoms with Gasteiger partial charge in [0, 0.05) is 22.3 Å². The van der Waals surface area contributed by atoms with E-state index in [1.165, 1.54) is 18.9 Å². The van der Waals surface area contributed by atoms with Crippen LogP contribution in [0.25, 0.3) is 11.3 Å². The van der Waals surface area contributed by atoms with Crippen molar-refractivity contribution in [1.82, 2.24) is 10.1 Å². The highest BCUT2D eigenvalue weighted by Crippen LogP contribution is 2.42. The van der Waals surface area contributed by atoms with E-state index in [1.807, 2.05) is 12.1 Å². The molecule has 1 amide bonds. The van der Waals surface area contributed by atoms with Crippen LogP contribution < -0.4 is 19.9 Å². The molecular weight excluding hydrogens is 483 g/mol. The number of hydrogen-bond donors (Lipinski definition) is 1. The van der Waals surface area contributed by atoms with E-state index >= 15 is 0 Å². The first-order valence-electron chi connectivity index (χ1n) is 10.2. The number of amides is 1. The summed E-state index contributed by atoms with van der Waals surface area (Å²) in [6, 6.07) is 10.5. The lowest BCUT2D eigenvalue weighted by Crippen LogP contribution is -2.61. The van der Waals surface area contributed by atoms with Gasteiger partial charge < -0.3 is 4.74 Å². The zero-order chi connectivity index (χ0) is 23.7. The number of aromatic nitrogens is 3. The number of rotatable bonds is 6. The Hall–Kier alpha value is -2.81. The van der Waals surface area contributed by atoms with Crippen LogP contribution in [0.1, 0.15) is 25.1 Å². The number of fused-ring (bicyclic) bond motifs is 3. The lowest BCUT2D eigenvalue weighted by molar-refractivity contribution is -0.763. The van der Waals surface area contributed by atoms with Crippen LogP contribution in [-0.4, -0.2) is 28.9 Å². The summed E-state index contributed by atoms with van der Waals surface area (Å²) in [5.41, 5.74) is 1.68. The number of methoxy groups -OCH3 is 1. The summed E-state index contributed by atoms with van der Waals surface area (Å²) in [4.78, 5) is 31.0. The first-order valence-corrected chi connectivity index (χ1v) is 11.9. The number of nitrogens with one attached hydrogen (secondary N) is 1. The van der Waals surface area contributed by atoms with Gasteiger partial charge in [0.2, 0.25) is 11.1 Å². The number of carbonyl (C=O) groups is 1. The molecule has 4 rings (SSSR count). The molecule has 10 heteroatoms. The van der Waals surface area contributed by atoms with Gasteiger partial charge in [-0.3, -0.25) is 14.6 Å². The molecule has 2 heterocycles. The number of thioether (sulfide) groups is 1. The maximum absolute atomic E-state index is 13.3. The van der Waals surface area contributed by atoms with Crippen molar-refractivity contribution < 1.29 is 14.2 Å². The molecule has 0 spiro atoms. The van der Waals surface area contributed by atoms with Crippen molar-refractivity contribution in [2.45, 2.75) is 24.7 Å². The van der Waals surface area contributed by atoms with Gasteiger partial charge in [0.15, 0.2) is 0 Å². The van der Waals surface area contributed by atoms with Crippen LogP contribution in [0.15, 0.2) is 59.0 Å². The van der Waals surface area contributed by atoms with E-state index < -0.39 is 6.17 Å². The number of halogens is 2. The van der Waals surface area contributed by atoms with E-state index in [9.17, 15) is 9.59 Å². The fourth-order valence-electron chi connectivity index (χ4n) is 3.88. The highest BCUT2D eigenvalue weighted by Gasteiger charge is 2.47. The van der Waals surface area contributed by atoms with Gasteiger partial charge in [-0.05, 0) is 28.9 Å². The number of benzene rings is 2. The van der Waals surface area contributed by atoms with Crippen LogP contribution in [0.3, 0.4) is 0 Å². The summed E-state index contributed by atoms with van der Waals surface area (Å²) in [5, 5.41) is 5.76. The average molecular weight is 504 g/mol. The Morgan fingerprint density at radius 3 is 2.82 bits per heavy atom. The molecule has 1 aliphatic heterocycles. The molecule has 0 saturated carbocycles. The Morgan fingerprint density at radius 2 is 2.12 bits per heavy atom. The Morgan fingerprint density at radius 1 is 1.36 bits per heavy atom. The number of ether oxygens (including phenoxy) is 1. The molecule has 7 nitrogen and oxygen atoms in total. The van der Waals surface area contributed by atoms with E-state index in [0.29, 0.717) is 44.2 Å². The SMILES string of the molecule is C=CCSc1n[n+]2c(c(=O)[nH]1)-c1ccccc1N(C(=O)CC)[C@@H]2c1cc(Cl)cc(Cl)c1OC. The fourth-order valence-corrected chi connectivity index (χ4v) is 5.06. The molecule has 1 aliphatic rings. The lowest BCUT2D eigenvalue weighted by Gasteiger charge is -2.32. The predicted molar refractivity (Wildman–Crippen MR) is 130 cm³/mol. The smallest absolute Gasteiger partial charge is 0.325 e. The number of anilines is 1. The van der Waals surface area contributed by atoms with Gasteiger partial charge in [-0.15, -0.1) is 6.58 Å². The van der Waals surface area contributed by atoms with Crippen molar-refractivity contribution >= 4 is 46.6 Å². The second-order valence-electron chi connectivity index (χ2n) is 7.17. The molecule has 1 atom stereocenters. The molecule has 1 aromatic heterocycles. The van der Waals surface area contributed by atoms with Gasteiger partial charge in [0.05, 0.1) is 28.9 Å². The van der Waals surface area contributed by atoms with Crippen molar-refractivity contribution in [3.05, 3.63) is 75.0 Å². The first kappa shape index (κ1) is 23.4. The predicted octanol–water partition coefficient (Wildman–Crippen LogP) is 4.62. The van der Waals surface area contributed by atoms with Crippen LogP contribution in [0.5, 0.6) is 5.75 Å². The topological polar surface area (TPSA) is 79.2 Å². The molecule has 33 heavy (non-hydrogen) atoms. The van der Waals surface area contributed by atoms with Crippen LogP contribution in [0, 0.1) is 0 Å². The van der Waals surface area contributed by atoms with E-state index in [0.717, 1.165) is 0 Å². The van der Waals surface area contributed by atoms with E-state index in [-0.39, 0.29) is 22.9 Å². The second-order valence-corrected chi connectivity index (χ2v) is 9.02. The summed E-state index contributed by atoms with van der Waals surface area (Å²) in [6.45, 7) is 5.50. The maximum Gasteiger partial charge on any atom is 0.325 e. The van der Waals surface area contributed by atoms with Crippen molar-refractivity contribution in [3.63, 3.8) is 0 Å². The first-order chi connectivity index (χ1) is 15.9. The van der Waals surface area contributed by atoms with Crippen LogP contribution >= 0.6 is 35.0 Å². The van der Waals surface area contributed by atoms with Gasteiger partial charge in [-0.2, -0.15) is 0 Å². The van der Waals surface area contributed by atoms with Gasteiger partial charge in [-0.1, -0.05) is 60.1 Å². The molecule has 170 valence electrons. The molecule has 3 aromatic rings. The molecule has 0 fully saturated rings. The molecule has 2 aromatic carbocycles. The number of para-hydroxylation sites is 1. The zero-order valence-corrected chi connectivity index (χ0v) is 20.3. The van der Waals surface area contributed by atoms with Crippen LogP contribution in [0.4, 0.5) is 5.69 Å². The van der Waals surface area contributed by atoms with Crippen molar-refractivity contribution in [1.29, 1.82) is 0 Å². The number of aromatic amines is 1. The monoisotopic (exact) mass is 503 g/mol. The quantitative estimate of drug-likeness (QED) is 0.301. The largest absolute Gasteiger partial charge is 0.495 e. The average Bonchev–Trinajstić information content (AvgIpc) is 2.80. The number of H-pyrrole nitrogens is 1. The summed E-state index contributed by atoms with van der Waals surface area (Å²) in [5.74, 6) is 0.735. The normalized spacial score (nSPS) is 14.4. The molecule has 0 aliphatic carbocycles. The Balaban J connectivity index is 2.11. The Kier molecular flexibility index (Phi) is 6.78. The minimum atomic E-state index is -0.848. The molecular formula is C23H21Cl2N4O3S+. The lowest BCUT2D eigenvalue weighted by atomic mass is 10.0. The Labute approximate surface area is 205 Å². The van der Waals surface area contributed by atoms with Crippen molar-refractivity contribution in [3.8, 4) is 17.0 Å². The molecule has 1 N–H and O–H groups in total. The van der Waals surface area contributed by atoms with Gasteiger partial charge in [-0.25, -0.2) is 4.90 Å². The number of carbonyl (C=O) groups excluding carboxylic acids is 1. The fraction of sp³-hybridized carbons (Fsp3) is 0.217. The van der Waals surface area contributed by atoms with Crippen LogP contribution in [-0.2, 0) is 4.79 Å². The minimum Gasteiger partial charge on any atom is -0.495 e. The van der Waals surface area contributed by atoms with E-state index in [4.69, 9.17) is 33.0 Å². The van der Waals surface area contributed by atoms with Crippen LogP contribution in [0.2, 0.25) is 10.0 Å². The summed E-state index contributed by atoms with van der Waals surface area (Å²) in [7, 11) is 1.49. The third-order valence-corrected chi connectivity index (χ3v) is 6.55. The third-order valence-electron chi connectivity index (χ3n) is 5.19. The van der Waals surface area contributed by atoms with Gasteiger partial charge >= 0.3 is 11.3 Å². The Bertz CT molecular complexity index is 1310. The van der Waals surface area contributed by atoms with Crippen molar-refractivity contribution in [2.24, 2.45) is 0 Å². The summed E-state index contributed by atoms with van der Waals surface area (Å²) >= 11 is 14.1. The minimum absolute atomic E-state index is 0.161. The highest BCUT2D eigenvalue weighted by molar-refractivity contribution is 7.99. The maximum atomic E-state index is 13.3. The standard InChI is InChI=1S/C23H20Cl2N4O3S/c1-4-10-33-23-26-21(31)19-14-8-6-7-9-17(14)28(18(30)5-2)22(29(19)27-23)15-11-13(24)12-16(25)20(15)32-3/h4,6-9,11-12,22H,1,5,10H2,2-3H3/p+1/t22-/m0/s1. The molecule has 0 radical (unpaired) electrons. The molecule has 0 unspecified atom stereocenters. The molecule has 0 saturated heterocycles. The van der Waals surface area contributed by atoms with E-state index in [2.05, 4.69) is 11.6 Å². The second kappa shape index (κ2) is 9.59. The summed E-state index contributed by atoms with van der Waals surface area (Å²) < 4.78 is 7.15. The number of hydrogen-bond acceptors (Lipinski definition) is 5. The van der Waals surface area contributed by atoms with E-state index in [1.54, 1.807) is 46.8 Å². The van der Waals surface area contributed by atoms with Crippen molar-refractivity contribution in [2.75, 3.05) is 17.8 Å². The summed E-state index contributed by atoms with van der Waals surface area (Å²) in [6.07, 6.45) is 1.10. The highest BCUT2D eigenvalue weighted by atomic mass is 35.5. The molecule has 0 bridgehead atoms. The third kappa shape index (κ3) is 4.14. The van der Waals surface area contributed by atoms with Gasteiger partial charge in [0.25, 0.3) is 6.17 Å². The number of nitrogens with zero attached hydrogens (tertiary/aromatic N) is 3. The van der Waals surface area contributed by atoms with Gasteiger partial charge in [0.1, 0.15) is 5.75 Å².